The Bertz CT molecular complexity index is 307. The van der Waals surface area contributed by atoms with Crippen LogP contribution in [0.15, 0.2) is 24.8 Å². The van der Waals surface area contributed by atoms with E-state index < -0.39 is 0 Å². The molecular formula is C11H15NO. The summed E-state index contributed by atoms with van der Waals surface area (Å²) >= 11 is 0. The van der Waals surface area contributed by atoms with E-state index in [1.165, 1.54) is 0 Å². The summed E-state index contributed by atoms with van der Waals surface area (Å²) in [7, 11) is 1.68. The summed E-state index contributed by atoms with van der Waals surface area (Å²) in [6, 6.07) is 5.89. The van der Waals surface area contributed by atoms with E-state index in [9.17, 15) is 0 Å². The molecule has 0 aliphatic heterocycles. The van der Waals surface area contributed by atoms with Crippen LogP contribution < -0.4 is 0 Å². The van der Waals surface area contributed by atoms with Gasteiger partial charge in [0.15, 0.2) is 0 Å². The molecule has 70 valence electrons. The molecule has 0 saturated carbocycles. The number of aromatic nitrogens is 1. The molecule has 0 N–H and O–H groups in total. The summed E-state index contributed by atoms with van der Waals surface area (Å²) < 4.78 is 5.18. The molecule has 1 rings (SSSR count). The molecule has 1 aromatic heterocycles. The fraction of sp³-hybridized carbons (Fsp3) is 0.364. The third-order valence-corrected chi connectivity index (χ3v) is 1.98. The smallest absolute Gasteiger partial charge is 0.0962 e. The Hall–Kier alpha value is -1.15. The number of pyridine rings is 1. The minimum atomic E-state index is 0.0410. The molecule has 2 nitrogen and oxygen atoms in total. The Kier molecular flexibility index (Phi) is 3.20. The average molecular weight is 177 g/mol. The molecule has 0 bridgehead atoms. The Morgan fingerprint density at radius 1 is 1.54 bits per heavy atom. The summed E-state index contributed by atoms with van der Waals surface area (Å²) in [4.78, 5) is 4.42. The summed E-state index contributed by atoms with van der Waals surface area (Å²) in [6.45, 7) is 7.77. The summed E-state index contributed by atoms with van der Waals surface area (Å²) in [5.74, 6) is 0. The van der Waals surface area contributed by atoms with Crippen LogP contribution in [0, 0.1) is 0 Å². The average Bonchev–Trinajstić information content (AvgIpc) is 2.17. The molecule has 13 heavy (non-hydrogen) atoms. The number of hydrogen-bond acceptors (Lipinski definition) is 2. The van der Waals surface area contributed by atoms with Crippen LogP contribution >= 0.6 is 0 Å². The second-order valence-electron chi connectivity index (χ2n) is 3.11. The van der Waals surface area contributed by atoms with Crippen LogP contribution in [0.3, 0.4) is 0 Å². The topological polar surface area (TPSA) is 22.1 Å². The Morgan fingerprint density at radius 2 is 2.23 bits per heavy atom. The summed E-state index contributed by atoms with van der Waals surface area (Å²) in [5, 5.41) is 0. The van der Waals surface area contributed by atoms with Gasteiger partial charge in [-0.3, -0.25) is 4.98 Å². The van der Waals surface area contributed by atoms with E-state index in [2.05, 4.69) is 11.6 Å². The Balaban J connectivity index is 2.98. The Morgan fingerprint density at radius 3 is 2.77 bits per heavy atom. The van der Waals surface area contributed by atoms with Crippen LogP contribution in [0.4, 0.5) is 0 Å². The third-order valence-electron chi connectivity index (χ3n) is 1.98. The van der Waals surface area contributed by atoms with Crippen LogP contribution in [-0.4, -0.2) is 12.1 Å². The summed E-state index contributed by atoms with van der Waals surface area (Å²) in [6.07, 6.45) is 0.0410. The molecule has 0 aliphatic carbocycles. The first kappa shape index (κ1) is 9.93. The Labute approximate surface area is 79.3 Å². The maximum Gasteiger partial charge on any atom is 0.0962 e. The van der Waals surface area contributed by atoms with Gasteiger partial charge in [0.25, 0.3) is 0 Å². The fourth-order valence-corrected chi connectivity index (χ4v) is 1.04. The molecule has 0 radical (unpaired) electrons. The predicted molar refractivity (Wildman–Crippen MR) is 54.4 cm³/mol. The molecule has 0 amide bonds. The van der Waals surface area contributed by atoms with E-state index in [1.54, 1.807) is 7.11 Å². The normalized spacial score (nSPS) is 12.5. The number of rotatable bonds is 3. The molecule has 1 aromatic rings. The van der Waals surface area contributed by atoms with Crippen molar-refractivity contribution in [3.8, 4) is 0 Å². The van der Waals surface area contributed by atoms with Gasteiger partial charge in [0.05, 0.1) is 17.5 Å². The van der Waals surface area contributed by atoms with Gasteiger partial charge in [0.1, 0.15) is 0 Å². The van der Waals surface area contributed by atoms with Crippen LogP contribution in [-0.2, 0) is 4.74 Å². The molecule has 0 saturated heterocycles. The highest BCUT2D eigenvalue weighted by Crippen LogP contribution is 2.15. The highest BCUT2D eigenvalue weighted by molar-refractivity contribution is 5.57. The summed E-state index contributed by atoms with van der Waals surface area (Å²) in [5.41, 5.74) is 2.86. The zero-order chi connectivity index (χ0) is 9.84. The van der Waals surface area contributed by atoms with Crippen molar-refractivity contribution >= 4 is 5.57 Å². The van der Waals surface area contributed by atoms with Gasteiger partial charge >= 0.3 is 0 Å². The van der Waals surface area contributed by atoms with E-state index in [1.807, 2.05) is 32.0 Å². The van der Waals surface area contributed by atoms with Crippen LogP contribution in [0.1, 0.15) is 31.3 Å². The predicted octanol–water partition coefficient (Wildman–Crippen LogP) is 2.82. The van der Waals surface area contributed by atoms with Crippen LogP contribution in [0.25, 0.3) is 5.57 Å². The number of methoxy groups -OCH3 is 1. The van der Waals surface area contributed by atoms with Gasteiger partial charge in [0, 0.05) is 7.11 Å². The second-order valence-corrected chi connectivity index (χ2v) is 3.11. The lowest BCUT2D eigenvalue weighted by molar-refractivity contribution is 0.116. The van der Waals surface area contributed by atoms with Crippen molar-refractivity contribution in [1.29, 1.82) is 0 Å². The van der Waals surface area contributed by atoms with Gasteiger partial charge in [-0.25, -0.2) is 0 Å². The first-order valence-electron chi connectivity index (χ1n) is 4.30. The van der Waals surface area contributed by atoms with Gasteiger partial charge < -0.3 is 4.74 Å². The first-order valence-corrected chi connectivity index (χ1v) is 4.30. The highest BCUT2D eigenvalue weighted by atomic mass is 16.5. The molecule has 1 atom stereocenters. The van der Waals surface area contributed by atoms with Crippen LogP contribution in [0.2, 0.25) is 0 Å². The molecule has 0 spiro atoms. The molecule has 0 unspecified atom stereocenters. The van der Waals surface area contributed by atoms with Gasteiger partial charge in [-0.05, 0) is 31.6 Å². The monoisotopic (exact) mass is 177 g/mol. The lowest BCUT2D eigenvalue weighted by Crippen LogP contribution is -2.00. The molecule has 1 heterocycles. The van der Waals surface area contributed by atoms with Crippen molar-refractivity contribution in [3.05, 3.63) is 36.2 Å². The van der Waals surface area contributed by atoms with E-state index in [0.717, 1.165) is 17.0 Å². The standard InChI is InChI=1S/C11H15NO/c1-8(2)10-6-5-7-11(12-10)9(3)13-4/h5-7,9H,1H2,2-4H3/t9-/m1/s1. The zero-order valence-electron chi connectivity index (χ0n) is 8.37. The number of hydrogen-bond donors (Lipinski definition) is 0. The first-order chi connectivity index (χ1) is 6.15. The fourth-order valence-electron chi connectivity index (χ4n) is 1.04. The molecule has 0 aromatic carbocycles. The van der Waals surface area contributed by atoms with Gasteiger partial charge in [-0.2, -0.15) is 0 Å². The van der Waals surface area contributed by atoms with Crippen molar-refractivity contribution < 1.29 is 4.74 Å². The third kappa shape index (κ3) is 2.39. The number of ether oxygens (including phenoxy) is 1. The zero-order valence-corrected chi connectivity index (χ0v) is 8.37. The highest BCUT2D eigenvalue weighted by Gasteiger charge is 2.05. The maximum atomic E-state index is 5.18. The van der Waals surface area contributed by atoms with Crippen molar-refractivity contribution in [2.45, 2.75) is 20.0 Å². The van der Waals surface area contributed by atoms with Gasteiger partial charge in [-0.1, -0.05) is 12.6 Å². The van der Waals surface area contributed by atoms with E-state index in [0.29, 0.717) is 0 Å². The van der Waals surface area contributed by atoms with Crippen molar-refractivity contribution in [2.75, 3.05) is 7.11 Å². The van der Waals surface area contributed by atoms with Crippen LogP contribution in [0.5, 0.6) is 0 Å². The van der Waals surface area contributed by atoms with Crippen molar-refractivity contribution in [1.82, 2.24) is 4.98 Å². The SMILES string of the molecule is C=C(C)c1cccc([C@@H](C)OC)n1. The van der Waals surface area contributed by atoms with E-state index in [-0.39, 0.29) is 6.10 Å². The molecular weight excluding hydrogens is 162 g/mol. The minimum Gasteiger partial charge on any atom is -0.375 e. The second kappa shape index (κ2) is 4.19. The number of nitrogens with zero attached hydrogens (tertiary/aromatic N) is 1. The molecule has 0 fully saturated rings. The largest absolute Gasteiger partial charge is 0.375 e. The lowest BCUT2D eigenvalue weighted by Gasteiger charge is -2.09. The van der Waals surface area contributed by atoms with E-state index >= 15 is 0 Å². The van der Waals surface area contributed by atoms with Gasteiger partial charge in [0.2, 0.25) is 0 Å². The van der Waals surface area contributed by atoms with Crippen molar-refractivity contribution in [2.24, 2.45) is 0 Å². The van der Waals surface area contributed by atoms with Crippen molar-refractivity contribution in [3.63, 3.8) is 0 Å². The van der Waals surface area contributed by atoms with Gasteiger partial charge in [-0.15, -0.1) is 0 Å². The maximum absolute atomic E-state index is 5.18. The van der Waals surface area contributed by atoms with E-state index in [4.69, 9.17) is 4.74 Å². The quantitative estimate of drug-likeness (QED) is 0.708. The lowest BCUT2D eigenvalue weighted by atomic mass is 10.2. The molecule has 2 heteroatoms. The minimum absolute atomic E-state index is 0.0410. The number of allylic oxidation sites excluding steroid dienone is 1. The molecule has 0 aliphatic rings.